The van der Waals surface area contributed by atoms with Gasteiger partial charge < -0.3 is 9.80 Å². The Bertz CT molecular complexity index is 575. The Labute approximate surface area is 128 Å². The van der Waals surface area contributed by atoms with E-state index in [1.165, 1.54) is 0 Å². The number of hydrogen-bond acceptors (Lipinski definition) is 3. The quantitative estimate of drug-likeness (QED) is 0.849. The Morgan fingerprint density at radius 2 is 1.76 bits per heavy atom. The van der Waals surface area contributed by atoms with Gasteiger partial charge in [-0.15, -0.1) is 0 Å². The van der Waals surface area contributed by atoms with Crippen molar-refractivity contribution in [3.05, 3.63) is 34.9 Å². The SMILES string of the molecule is N#CCC(=O)N1CCN(C(=O)Cc2cccc(Cl)c2)CC1. The van der Waals surface area contributed by atoms with E-state index < -0.39 is 0 Å². The van der Waals surface area contributed by atoms with E-state index in [9.17, 15) is 9.59 Å². The molecule has 0 spiro atoms. The summed E-state index contributed by atoms with van der Waals surface area (Å²) in [5.41, 5.74) is 0.885. The van der Waals surface area contributed by atoms with Crippen LogP contribution in [0.1, 0.15) is 12.0 Å². The molecule has 0 atom stereocenters. The van der Waals surface area contributed by atoms with Crippen LogP contribution < -0.4 is 0 Å². The minimum absolute atomic E-state index is 0.0321. The van der Waals surface area contributed by atoms with Crippen molar-refractivity contribution in [3.8, 4) is 6.07 Å². The molecular weight excluding hydrogens is 290 g/mol. The summed E-state index contributed by atoms with van der Waals surface area (Å²) >= 11 is 5.90. The largest absolute Gasteiger partial charge is 0.339 e. The predicted molar refractivity (Wildman–Crippen MR) is 78.5 cm³/mol. The summed E-state index contributed by atoms with van der Waals surface area (Å²) in [6.45, 7) is 2.00. The number of amides is 2. The second kappa shape index (κ2) is 7.09. The van der Waals surface area contributed by atoms with Crippen LogP contribution in [0.5, 0.6) is 0 Å². The van der Waals surface area contributed by atoms with E-state index in [0.717, 1.165) is 5.56 Å². The molecule has 0 saturated carbocycles. The number of piperazine rings is 1. The molecule has 2 amide bonds. The van der Waals surface area contributed by atoms with Gasteiger partial charge in [-0.2, -0.15) is 5.26 Å². The van der Waals surface area contributed by atoms with Gasteiger partial charge in [0.25, 0.3) is 0 Å². The van der Waals surface area contributed by atoms with Crippen molar-refractivity contribution in [2.24, 2.45) is 0 Å². The number of nitriles is 1. The zero-order valence-corrected chi connectivity index (χ0v) is 12.3. The van der Waals surface area contributed by atoms with Gasteiger partial charge in [0, 0.05) is 31.2 Å². The van der Waals surface area contributed by atoms with Gasteiger partial charge >= 0.3 is 0 Å². The number of halogens is 1. The first-order valence-corrected chi connectivity index (χ1v) is 7.15. The number of rotatable bonds is 3. The molecular formula is C15H16ClN3O2. The highest BCUT2D eigenvalue weighted by atomic mass is 35.5. The van der Waals surface area contributed by atoms with Crippen LogP contribution in [-0.2, 0) is 16.0 Å². The average molecular weight is 306 g/mol. The molecule has 1 aromatic carbocycles. The summed E-state index contributed by atoms with van der Waals surface area (Å²) in [6.07, 6.45) is 0.211. The second-order valence-electron chi connectivity index (χ2n) is 4.90. The summed E-state index contributed by atoms with van der Waals surface area (Å²) in [7, 11) is 0. The van der Waals surface area contributed by atoms with Crippen molar-refractivity contribution in [2.45, 2.75) is 12.8 Å². The summed E-state index contributed by atoms with van der Waals surface area (Å²) in [5.74, 6) is -0.135. The smallest absolute Gasteiger partial charge is 0.236 e. The first-order chi connectivity index (χ1) is 10.1. The summed E-state index contributed by atoms with van der Waals surface area (Å²) in [4.78, 5) is 27.2. The normalized spacial score (nSPS) is 14.7. The van der Waals surface area contributed by atoms with E-state index >= 15 is 0 Å². The lowest BCUT2D eigenvalue weighted by molar-refractivity contribution is -0.138. The molecule has 0 radical (unpaired) electrons. The van der Waals surface area contributed by atoms with Crippen LogP contribution in [0.3, 0.4) is 0 Å². The molecule has 0 unspecified atom stereocenters. The maximum absolute atomic E-state index is 12.2. The van der Waals surface area contributed by atoms with Gasteiger partial charge in [0.1, 0.15) is 6.42 Å². The molecule has 1 aliphatic rings. The topological polar surface area (TPSA) is 64.4 Å². The van der Waals surface area contributed by atoms with Crippen molar-refractivity contribution in [1.29, 1.82) is 5.26 Å². The molecule has 5 nitrogen and oxygen atoms in total. The predicted octanol–water partition coefficient (Wildman–Crippen LogP) is 1.47. The molecule has 0 bridgehead atoms. The maximum atomic E-state index is 12.2. The Morgan fingerprint density at radius 3 is 2.33 bits per heavy atom. The number of hydrogen-bond donors (Lipinski definition) is 0. The third-order valence-electron chi connectivity index (χ3n) is 3.46. The zero-order valence-electron chi connectivity index (χ0n) is 11.6. The van der Waals surface area contributed by atoms with Gasteiger partial charge in [0.15, 0.2) is 0 Å². The molecule has 1 aromatic rings. The molecule has 2 rings (SSSR count). The van der Waals surface area contributed by atoms with Gasteiger partial charge in [0.05, 0.1) is 12.5 Å². The summed E-state index contributed by atoms with van der Waals surface area (Å²) in [5, 5.41) is 9.14. The molecule has 1 aliphatic heterocycles. The van der Waals surface area contributed by atoms with E-state index in [0.29, 0.717) is 37.6 Å². The molecule has 0 aromatic heterocycles. The zero-order chi connectivity index (χ0) is 15.2. The fourth-order valence-corrected chi connectivity index (χ4v) is 2.53. The fraction of sp³-hybridized carbons (Fsp3) is 0.400. The van der Waals surface area contributed by atoms with Crippen molar-refractivity contribution < 1.29 is 9.59 Å². The van der Waals surface area contributed by atoms with Crippen LogP contribution in [0.25, 0.3) is 0 Å². The van der Waals surface area contributed by atoms with Crippen LogP contribution >= 0.6 is 11.6 Å². The molecule has 1 heterocycles. The van der Waals surface area contributed by atoms with Crippen LogP contribution in [-0.4, -0.2) is 47.8 Å². The highest BCUT2D eigenvalue weighted by Crippen LogP contribution is 2.13. The van der Waals surface area contributed by atoms with Crippen LogP contribution in [0.2, 0.25) is 5.02 Å². The molecule has 6 heteroatoms. The number of carbonyl (C=O) groups excluding carboxylic acids is 2. The molecule has 0 aliphatic carbocycles. The molecule has 0 N–H and O–H groups in total. The van der Waals surface area contributed by atoms with E-state index in [1.54, 1.807) is 21.9 Å². The standard InChI is InChI=1S/C15H16ClN3O2/c16-13-3-1-2-12(10-13)11-15(21)19-8-6-18(7-9-19)14(20)4-5-17/h1-3,10H,4,6-9,11H2. The number of carbonyl (C=O) groups is 2. The maximum Gasteiger partial charge on any atom is 0.236 e. The minimum atomic E-state index is -0.167. The second-order valence-corrected chi connectivity index (χ2v) is 5.34. The van der Waals surface area contributed by atoms with Gasteiger partial charge in [-0.25, -0.2) is 0 Å². The third kappa shape index (κ3) is 4.20. The van der Waals surface area contributed by atoms with E-state index in [-0.39, 0.29) is 18.2 Å². The highest BCUT2D eigenvalue weighted by molar-refractivity contribution is 6.30. The van der Waals surface area contributed by atoms with E-state index in [2.05, 4.69) is 0 Å². The molecule has 1 saturated heterocycles. The van der Waals surface area contributed by atoms with Gasteiger partial charge in [0.2, 0.25) is 11.8 Å². The first kappa shape index (κ1) is 15.3. The molecule has 110 valence electrons. The lowest BCUT2D eigenvalue weighted by Crippen LogP contribution is -2.50. The number of benzene rings is 1. The van der Waals surface area contributed by atoms with Crippen LogP contribution in [0.15, 0.2) is 24.3 Å². The van der Waals surface area contributed by atoms with Crippen molar-refractivity contribution in [3.63, 3.8) is 0 Å². The monoisotopic (exact) mass is 305 g/mol. The van der Waals surface area contributed by atoms with Crippen molar-refractivity contribution in [2.75, 3.05) is 26.2 Å². The van der Waals surface area contributed by atoms with Crippen molar-refractivity contribution >= 4 is 23.4 Å². The Hall–Kier alpha value is -2.06. The lowest BCUT2D eigenvalue weighted by atomic mass is 10.1. The van der Waals surface area contributed by atoms with Crippen LogP contribution in [0, 0.1) is 11.3 Å². The Morgan fingerprint density at radius 1 is 1.14 bits per heavy atom. The third-order valence-corrected chi connectivity index (χ3v) is 3.69. The van der Waals surface area contributed by atoms with E-state index in [4.69, 9.17) is 16.9 Å². The van der Waals surface area contributed by atoms with Gasteiger partial charge in [-0.1, -0.05) is 23.7 Å². The lowest BCUT2D eigenvalue weighted by Gasteiger charge is -2.34. The number of nitrogens with zero attached hydrogens (tertiary/aromatic N) is 3. The van der Waals surface area contributed by atoms with Gasteiger partial charge in [-0.05, 0) is 17.7 Å². The molecule has 21 heavy (non-hydrogen) atoms. The fourth-order valence-electron chi connectivity index (χ4n) is 2.32. The Balaban J connectivity index is 1.86. The Kier molecular flexibility index (Phi) is 5.18. The first-order valence-electron chi connectivity index (χ1n) is 6.77. The van der Waals surface area contributed by atoms with Crippen LogP contribution in [0.4, 0.5) is 0 Å². The molecule has 1 fully saturated rings. The van der Waals surface area contributed by atoms with Crippen molar-refractivity contribution in [1.82, 2.24) is 9.80 Å². The average Bonchev–Trinajstić information content (AvgIpc) is 2.47. The summed E-state index contributed by atoms with van der Waals surface area (Å²) in [6, 6.07) is 9.10. The minimum Gasteiger partial charge on any atom is -0.339 e. The van der Waals surface area contributed by atoms with E-state index in [1.807, 2.05) is 18.2 Å². The summed E-state index contributed by atoms with van der Waals surface area (Å²) < 4.78 is 0. The highest BCUT2D eigenvalue weighted by Gasteiger charge is 2.23. The van der Waals surface area contributed by atoms with Gasteiger partial charge in [-0.3, -0.25) is 9.59 Å².